The molecular weight excluding hydrogens is 401 g/mol. The summed E-state index contributed by atoms with van der Waals surface area (Å²) in [6, 6.07) is 11.2. The minimum absolute atomic E-state index is 0.134. The lowest BCUT2D eigenvalue weighted by Crippen LogP contribution is -2.30. The summed E-state index contributed by atoms with van der Waals surface area (Å²) in [7, 11) is 0. The van der Waals surface area contributed by atoms with Crippen molar-refractivity contribution >= 4 is 38.9 Å². The first-order valence-corrected chi connectivity index (χ1v) is 10.0. The molecule has 0 radical (unpaired) electrons. The Balaban J connectivity index is 1.36. The predicted octanol–water partition coefficient (Wildman–Crippen LogP) is 5.36. The van der Waals surface area contributed by atoms with E-state index in [0.29, 0.717) is 10.8 Å². The van der Waals surface area contributed by atoms with Gasteiger partial charge in [-0.05, 0) is 70.9 Å². The average Bonchev–Trinajstić information content (AvgIpc) is 3.00. The van der Waals surface area contributed by atoms with Gasteiger partial charge in [0.05, 0.1) is 4.90 Å². The van der Waals surface area contributed by atoms with Crippen molar-refractivity contribution in [2.45, 2.75) is 24.3 Å². The van der Waals surface area contributed by atoms with Crippen molar-refractivity contribution in [3.63, 3.8) is 0 Å². The Morgan fingerprint density at radius 3 is 2.80 bits per heavy atom. The van der Waals surface area contributed by atoms with E-state index in [1.54, 1.807) is 6.07 Å². The van der Waals surface area contributed by atoms with E-state index in [9.17, 15) is 4.39 Å². The molecule has 3 aromatic rings. The van der Waals surface area contributed by atoms with Gasteiger partial charge in [0.1, 0.15) is 11.5 Å². The molecule has 1 aromatic carbocycles. The number of halogens is 2. The normalized spacial score (nSPS) is 16.6. The molecule has 0 bridgehead atoms. The molecule has 2 aromatic heterocycles. The van der Waals surface area contributed by atoms with E-state index in [4.69, 9.17) is 0 Å². The van der Waals surface area contributed by atoms with Crippen molar-refractivity contribution in [1.29, 1.82) is 0 Å². The number of pyridine rings is 1. The molecule has 25 heavy (non-hydrogen) atoms. The molecule has 0 aliphatic carbocycles. The lowest BCUT2D eigenvalue weighted by atomic mass is 9.98. The zero-order valence-corrected chi connectivity index (χ0v) is 16.1. The number of rotatable bonds is 4. The first-order valence-electron chi connectivity index (χ1n) is 8.47. The summed E-state index contributed by atoms with van der Waals surface area (Å²) in [6.07, 6.45) is 6.23. The van der Waals surface area contributed by atoms with Gasteiger partial charge in [0.2, 0.25) is 0 Å². The van der Waals surface area contributed by atoms with E-state index in [1.807, 2.05) is 18.3 Å². The fraction of sp³-hybridized carbons (Fsp3) is 0.316. The summed E-state index contributed by atoms with van der Waals surface area (Å²) >= 11 is 5.01. The fourth-order valence-electron chi connectivity index (χ4n) is 3.32. The second-order valence-electron chi connectivity index (χ2n) is 6.43. The first kappa shape index (κ1) is 17.1. The molecule has 130 valence electrons. The Kier molecular flexibility index (Phi) is 5.10. The molecule has 0 N–H and O–H groups in total. The quantitative estimate of drug-likeness (QED) is 0.531. The Morgan fingerprint density at radius 2 is 2.00 bits per heavy atom. The third-order valence-electron chi connectivity index (χ3n) is 4.66. The van der Waals surface area contributed by atoms with Gasteiger partial charge < -0.3 is 4.57 Å². The van der Waals surface area contributed by atoms with Crippen molar-refractivity contribution in [1.82, 2.24) is 13.9 Å². The van der Waals surface area contributed by atoms with Gasteiger partial charge in [0.25, 0.3) is 0 Å². The highest BCUT2D eigenvalue weighted by Crippen LogP contribution is 2.31. The van der Waals surface area contributed by atoms with Gasteiger partial charge in [0, 0.05) is 41.9 Å². The molecule has 1 aliphatic heterocycles. The highest BCUT2D eigenvalue weighted by Gasteiger charge is 2.21. The van der Waals surface area contributed by atoms with Crippen molar-refractivity contribution in [3.05, 3.63) is 59.1 Å². The second-order valence-corrected chi connectivity index (χ2v) is 8.48. The van der Waals surface area contributed by atoms with Crippen LogP contribution in [0.4, 0.5) is 4.39 Å². The minimum atomic E-state index is -0.134. The molecule has 0 spiro atoms. The number of nitrogens with zero attached hydrogens (tertiary/aromatic N) is 3. The van der Waals surface area contributed by atoms with Gasteiger partial charge >= 0.3 is 0 Å². The number of benzene rings is 1. The van der Waals surface area contributed by atoms with Crippen LogP contribution in [0.3, 0.4) is 0 Å². The molecule has 1 fully saturated rings. The highest BCUT2D eigenvalue weighted by molar-refractivity contribution is 9.10. The number of aromatic nitrogens is 2. The van der Waals surface area contributed by atoms with Crippen LogP contribution in [0.15, 0.2) is 58.2 Å². The lowest BCUT2D eigenvalue weighted by molar-refractivity contribution is 0.268. The summed E-state index contributed by atoms with van der Waals surface area (Å²) in [4.78, 5) is 5.26. The molecule has 3 heterocycles. The molecule has 0 saturated carbocycles. The molecule has 0 amide bonds. The van der Waals surface area contributed by atoms with Crippen molar-refractivity contribution < 1.29 is 4.39 Å². The van der Waals surface area contributed by atoms with Crippen LogP contribution < -0.4 is 0 Å². The zero-order chi connectivity index (χ0) is 17.2. The Hall–Kier alpha value is -1.37. The molecule has 4 rings (SSSR count). The van der Waals surface area contributed by atoms with Crippen LogP contribution in [0, 0.1) is 11.7 Å². The Labute approximate surface area is 159 Å². The summed E-state index contributed by atoms with van der Waals surface area (Å²) < 4.78 is 19.3. The predicted molar refractivity (Wildman–Crippen MR) is 104 cm³/mol. The van der Waals surface area contributed by atoms with E-state index in [1.165, 1.54) is 23.4 Å². The maximum Gasteiger partial charge on any atom is 0.139 e. The smallest absolute Gasteiger partial charge is 0.139 e. The topological polar surface area (TPSA) is 21.1 Å². The summed E-state index contributed by atoms with van der Waals surface area (Å²) in [5, 5.41) is 1.17. The molecule has 6 heteroatoms. The standard InChI is InChI=1S/C19H19BrFN3S/c20-16-11-15-7-8-23(19(15)22-12-16)13-14-5-9-24(10-6-14)25-18-4-2-1-3-17(18)21/h1-4,7-8,11-12,14H,5-6,9-10,13H2. The minimum Gasteiger partial charge on any atom is -0.332 e. The van der Waals surface area contributed by atoms with Gasteiger partial charge in [-0.2, -0.15) is 0 Å². The summed E-state index contributed by atoms with van der Waals surface area (Å²) in [6.45, 7) is 2.97. The largest absolute Gasteiger partial charge is 0.332 e. The molecule has 0 atom stereocenters. The SMILES string of the molecule is Fc1ccccc1SN1CCC(Cn2ccc3cc(Br)cnc32)CC1. The lowest BCUT2D eigenvalue weighted by Gasteiger charge is -2.31. The van der Waals surface area contributed by atoms with Gasteiger partial charge in [-0.3, -0.25) is 0 Å². The third kappa shape index (κ3) is 3.91. The maximum atomic E-state index is 13.8. The molecule has 1 aliphatic rings. The second kappa shape index (κ2) is 7.48. The first-order chi connectivity index (χ1) is 12.2. The molecular formula is C19H19BrFN3S. The highest BCUT2D eigenvalue weighted by atomic mass is 79.9. The van der Waals surface area contributed by atoms with Gasteiger partial charge in [-0.15, -0.1) is 0 Å². The van der Waals surface area contributed by atoms with Crippen molar-refractivity contribution in [2.75, 3.05) is 13.1 Å². The van der Waals surface area contributed by atoms with Crippen molar-refractivity contribution in [2.24, 2.45) is 5.92 Å². The van der Waals surface area contributed by atoms with Gasteiger partial charge in [-0.1, -0.05) is 12.1 Å². The number of piperidine rings is 1. The van der Waals surface area contributed by atoms with E-state index < -0.39 is 0 Å². The summed E-state index contributed by atoms with van der Waals surface area (Å²) in [5.41, 5.74) is 1.05. The van der Waals surface area contributed by atoms with E-state index in [2.05, 4.69) is 48.1 Å². The average molecular weight is 420 g/mol. The van der Waals surface area contributed by atoms with Crippen LogP contribution >= 0.6 is 27.9 Å². The summed E-state index contributed by atoms with van der Waals surface area (Å²) in [5.74, 6) is 0.504. The third-order valence-corrected chi connectivity index (χ3v) is 6.25. The molecule has 1 saturated heterocycles. The van der Waals surface area contributed by atoms with Crippen LogP contribution in [0.1, 0.15) is 12.8 Å². The molecule has 3 nitrogen and oxygen atoms in total. The number of hydrogen-bond acceptors (Lipinski definition) is 3. The van der Waals surface area contributed by atoms with Crippen LogP contribution in [0.25, 0.3) is 11.0 Å². The Bertz CT molecular complexity index is 874. The van der Waals surface area contributed by atoms with Crippen LogP contribution in [-0.2, 0) is 6.54 Å². The van der Waals surface area contributed by atoms with Crippen LogP contribution in [0.5, 0.6) is 0 Å². The van der Waals surface area contributed by atoms with Gasteiger partial charge in [-0.25, -0.2) is 13.7 Å². The zero-order valence-electron chi connectivity index (χ0n) is 13.7. The van der Waals surface area contributed by atoms with Gasteiger partial charge in [0.15, 0.2) is 0 Å². The van der Waals surface area contributed by atoms with Crippen LogP contribution in [-0.4, -0.2) is 26.9 Å². The van der Waals surface area contributed by atoms with E-state index >= 15 is 0 Å². The number of fused-ring (bicyclic) bond motifs is 1. The fourth-order valence-corrected chi connectivity index (χ4v) is 4.63. The monoisotopic (exact) mass is 419 g/mol. The van der Waals surface area contributed by atoms with Crippen molar-refractivity contribution in [3.8, 4) is 0 Å². The number of hydrogen-bond donors (Lipinski definition) is 0. The molecule has 0 unspecified atom stereocenters. The van der Waals surface area contributed by atoms with Crippen LogP contribution in [0.2, 0.25) is 0 Å². The van der Waals surface area contributed by atoms with E-state index in [-0.39, 0.29) is 5.82 Å². The maximum absolute atomic E-state index is 13.8. The van der Waals surface area contributed by atoms with E-state index in [0.717, 1.165) is 42.6 Å². The Morgan fingerprint density at radius 1 is 1.20 bits per heavy atom.